The molecule has 8 aliphatic rings. The molecule has 1 unspecified atom stereocenters. The monoisotopic (exact) mass is 766 g/mol. The second-order valence-electron chi connectivity index (χ2n) is 22.2. The van der Waals surface area contributed by atoms with Crippen LogP contribution in [0.1, 0.15) is 151 Å². The van der Waals surface area contributed by atoms with Crippen molar-refractivity contribution < 1.29 is 22.7 Å². The molecule has 6 saturated carbocycles. The number of carbonyl (C=O) groups is 1. The van der Waals surface area contributed by atoms with Gasteiger partial charge in [0.25, 0.3) is 0 Å². The quantitative estimate of drug-likeness (QED) is 0.228. The molecule has 0 bridgehead atoms. The summed E-state index contributed by atoms with van der Waals surface area (Å²) in [5, 5.41) is 14.1. The van der Waals surface area contributed by atoms with Crippen molar-refractivity contribution in [3.05, 3.63) is 35.5 Å². The Morgan fingerprint density at radius 3 is 2.31 bits per heavy atom. The topological polar surface area (TPSA) is 83.5 Å². The molecule has 6 fully saturated rings. The second kappa shape index (κ2) is 12.8. The summed E-state index contributed by atoms with van der Waals surface area (Å²) in [6, 6.07) is 0. The van der Waals surface area contributed by atoms with Crippen LogP contribution >= 0.6 is 0 Å². The first-order chi connectivity index (χ1) is 25.2. The minimum atomic E-state index is -2.94. The number of allylic oxidation sites excluding steroid dienone is 5. The lowest BCUT2D eigenvalue weighted by Gasteiger charge is -2.72. The van der Waals surface area contributed by atoms with E-state index < -0.39 is 27.9 Å². The van der Waals surface area contributed by atoms with Gasteiger partial charge >= 0.3 is 5.97 Å². The highest BCUT2D eigenvalue weighted by atomic mass is 32.2. The van der Waals surface area contributed by atoms with Crippen molar-refractivity contribution in [3.8, 4) is 0 Å². The highest BCUT2D eigenvalue weighted by Gasteiger charge is 2.70. The van der Waals surface area contributed by atoms with Gasteiger partial charge in [-0.25, -0.2) is 12.8 Å². The van der Waals surface area contributed by atoms with Gasteiger partial charge in [-0.3, -0.25) is 4.79 Å². The number of nitrogens with one attached hydrogen (secondary N) is 1. The Balaban J connectivity index is 1.02. The number of alkyl halides is 1. The lowest BCUT2D eigenvalue weighted by molar-refractivity contribution is -0.221. The third kappa shape index (κ3) is 5.54. The number of hydrogen-bond acceptors (Lipinski definition) is 4. The normalized spacial score (nSPS) is 49.2. The Bertz CT molecular complexity index is 1750. The third-order valence-corrected chi connectivity index (χ3v) is 21.5. The molecule has 13 atom stereocenters. The van der Waals surface area contributed by atoms with E-state index in [0.29, 0.717) is 60.2 Å². The van der Waals surface area contributed by atoms with Crippen molar-refractivity contribution >= 4 is 15.8 Å². The molecule has 2 N–H and O–H groups in total. The van der Waals surface area contributed by atoms with Gasteiger partial charge in [-0.05, 0) is 196 Å². The van der Waals surface area contributed by atoms with Crippen molar-refractivity contribution in [1.29, 1.82) is 0 Å². The second-order valence-corrected chi connectivity index (χ2v) is 24.5. The van der Waals surface area contributed by atoms with Crippen LogP contribution in [0.15, 0.2) is 35.5 Å². The zero-order valence-corrected chi connectivity index (χ0v) is 35.6. The molecular formula is C47H72FNO4S. The minimum Gasteiger partial charge on any atom is -0.481 e. The average molecular weight is 766 g/mol. The van der Waals surface area contributed by atoms with Gasteiger partial charge in [0.05, 0.1) is 10.7 Å². The van der Waals surface area contributed by atoms with E-state index in [9.17, 15) is 22.7 Å². The van der Waals surface area contributed by atoms with Crippen molar-refractivity contribution in [2.24, 2.45) is 68.0 Å². The van der Waals surface area contributed by atoms with E-state index >= 15 is 0 Å². The Labute approximate surface area is 327 Å². The van der Waals surface area contributed by atoms with E-state index in [0.717, 1.165) is 32.2 Å². The minimum absolute atomic E-state index is 0.0108. The largest absolute Gasteiger partial charge is 0.481 e. The third-order valence-electron chi connectivity index (χ3n) is 19.9. The van der Waals surface area contributed by atoms with Crippen molar-refractivity contribution in [3.63, 3.8) is 0 Å². The molecule has 0 aromatic rings. The van der Waals surface area contributed by atoms with Gasteiger partial charge in [-0.2, -0.15) is 0 Å². The molecule has 8 aliphatic carbocycles. The molecule has 0 saturated heterocycles. The smallest absolute Gasteiger partial charge is 0.312 e. The molecule has 8 rings (SSSR count). The molecule has 5 nitrogen and oxygen atoms in total. The van der Waals surface area contributed by atoms with Gasteiger partial charge in [0.15, 0.2) is 0 Å². The van der Waals surface area contributed by atoms with Crippen molar-refractivity contribution in [2.75, 3.05) is 19.5 Å². The highest BCUT2D eigenvalue weighted by Crippen LogP contribution is 2.77. The van der Waals surface area contributed by atoms with Crippen LogP contribution in [0.3, 0.4) is 0 Å². The number of sulfone groups is 1. The van der Waals surface area contributed by atoms with Crippen LogP contribution in [-0.4, -0.2) is 49.8 Å². The van der Waals surface area contributed by atoms with Gasteiger partial charge in [0.1, 0.15) is 16.5 Å². The molecule has 0 heterocycles. The fourth-order valence-electron chi connectivity index (χ4n) is 16.5. The van der Waals surface area contributed by atoms with Gasteiger partial charge in [0.2, 0.25) is 0 Å². The average Bonchev–Trinajstić information content (AvgIpc) is 3.70. The summed E-state index contributed by atoms with van der Waals surface area (Å²) in [6.07, 6.45) is 23.9. The Morgan fingerprint density at radius 1 is 0.926 bits per heavy atom. The molecule has 7 heteroatoms. The van der Waals surface area contributed by atoms with E-state index in [2.05, 4.69) is 65.6 Å². The molecule has 0 spiro atoms. The molecule has 0 radical (unpaired) electrons. The summed E-state index contributed by atoms with van der Waals surface area (Å²) in [7, 11) is -2.94. The van der Waals surface area contributed by atoms with E-state index in [4.69, 9.17) is 0 Å². The van der Waals surface area contributed by atoms with Gasteiger partial charge < -0.3 is 10.4 Å². The van der Waals surface area contributed by atoms with Crippen LogP contribution in [0.5, 0.6) is 0 Å². The summed E-state index contributed by atoms with van der Waals surface area (Å²) in [4.78, 5) is 12.0. The highest BCUT2D eigenvalue weighted by molar-refractivity contribution is 7.91. The number of carboxylic acid groups (broad SMARTS) is 1. The number of rotatable bonds is 9. The van der Waals surface area contributed by atoms with E-state index in [1.165, 1.54) is 87.2 Å². The summed E-state index contributed by atoms with van der Waals surface area (Å²) in [5.74, 6) is 2.71. The van der Waals surface area contributed by atoms with Crippen molar-refractivity contribution in [2.45, 2.75) is 161 Å². The van der Waals surface area contributed by atoms with Crippen LogP contribution in [0.4, 0.5) is 4.39 Å². The first-order valence-electron chi connectivity index (χ1n) is 22.0. The lowest BCUT2D eigenvalue weighted by atomic mass is 9.33. The maximum absolute atomic E-state index is 14.0. The van der Waals surface area contributed by atoms with Crippen molar-refractivity contribution in [1.82, 2.24) is 5.32 Å². The molecule has 54 heavy (non-hydrogen) atoms. The fraction of sp³-hybridized carbons (Fsp3) is 0.851. The number of hydrogen-bond donors (Lipinski definition) is 2. The zero-order chi connectivity index (χ0) is 38.9. The number of aliphatic carboxylic acids is 1. The molecule has 0 aromatic carbocycles. The first kappa shape index (κ1) is 39.4. The molecule has 302 valence electrons. The van der Waals surface area contributed by atoms with Crippen LogP contribution in [-0.2, 0) is 14.6 Å². The fourth-order valence-corrected chi connectivity index (χ4v) is 17.6. The number of halogens is 1. The Morgan fingerprint density at radius 2 is 1.69 bits per heavy atom. The zero-order valence-electron chi connectivity index (χ0n) is 34.8. The van der Waals surface area contributed by atoms with Gasteiger partial charge in [-0.15, -0.1) is 0 Å². The number of carboxylic acids is 1. The van der Waals surface area contributed by atoms with E-state index in [1.54, 1.807) is 0 Å². The maximum atomic E-state index is 14.0. The molecule has 0 amide bonds. The van der Waals surface area contributed by atoms with E-state index in [1.807, 2.05) is 0 Å². The van der Waals surface area contributed by atoms with E-state index in [-0.39, 0.29) is 32.4 Å². The Hall–Kier alpha value is -1.47. The summed E-state index contributed by atoms with van der Waals surface area (Å²) in [6.45, 7) is 20.2. The molecule has 0 aliphatic heterocycles. The van der Waals surface area contributed by atoms with Crippen LogP contribution < -0.4 is 5.32 Å². The standard InChI is InChI=1S/C47H72FNO4S/c1-30(2)34-14-22-47(49-26-25-45-21-13-33(54(8,52)53)27-32(45)28-45)24-23-43(6)36(39(34)47)9-10-38-42(5)17-15-35(41(3,4)37(42)16-18-44(38,43)7)31-11-19-46(29-48,20-12-31)40(50)51/h11,15,32-34,36-39,49H,1,9-10,12-14,16-29H2,2-8H3,(H,50,51)/t32?,33-,34+,36-,37+,38-,39-,42+,43-,44-,45+,46-,47+/m1/s1. The predicted octanol–water partition coefficient (Wildman–Crippen LogP) is 10.7. The first-order valence-corrected chi connectivity index (χ1v) is 24.0. The van der Waals surface area contributed by atoms with Crippen LogP contribution in [0, 0.1) is 68.0 Å². The number of fused-ring (bicyclic) bond motifs is 8. The van der Waals surface area contributed by atoms with Gasteiger partial charge in [-0.1, -0.05) is 58.9 Å². The molecular weight excluding hydrogens is 694 g/mol. The van der Waals surface area contributed by atoms with Gasteiger partial charge in [0, 0.05) is 11.8 Å². The van der Waals surface area contributed by atoms with Crippen LogP contribution in [0.25, 0.3) is 0 Å². The summed E-state index contributed by atoms with van der Waals surface area (Å²) < 4.78 is 38.6. The van der Waals surface area contributed by atoms with Crippen LogP contribution in [0.2, 0.25) is 0 Å². The Kier molecular flexibility index (Phi) is 9.30. The lowest BCUT2D eigenvalue weighted by Crippen LogP contribution is -2.68. The summed E-state index contributed by atoms with van der Waals surface area (Å²) >= 11 is 0. The summed E-state index contributed by atoms with van der Waals surface area (Å²) in [5.41, 5.74) is 4.11. The SMILES string of the molecule is C=C(C)[C@@H]1CC[C@]2(NCC[C@]34CC[C@@H](S(C)(=O)=O)CC3C4)CC[C@]3(C)[C@H](CC[C@@H]4[C@@]5(C)CC=C(C6=CC[C@@](CF)(C(=O)O)CC6)C(C)(C)[C@@H]5CC[C@]43C)[C@@H]12. The molecule has 0 aromatic heterocycles. The maximum Gasteiger partial charge on any atom is 0.312 e. The predicted molar refractivity (Wildman–Crippen MR) is 216 cm³/mol.